The lowest BCUT2D eigenvalue weighted by Crippen LogP contribution is -2.44. The van der Waals surface area contributed by atoms with E-state index >= 15 is 0 Å². The molecule has 3 aromatic carbocycles. The molecule has 0 unspecified atom stereocenters. The highest BCUT2D eigenvalue weighted by Crippen LogP contribution is 2.30. The van der Waals surface area contributed by atoms with Crippen LogP contribution in [0.25, 0.3) is 22.5 Å². The van der Waals surface area contributed by atoms with Gasteiger partial charge >= 0.3 is 0 Å². The summed E-state index contributed by atoms with van der Waals surface area (Å²) in [6.07, 6.45) is 6.23. The fourth-order valence-corrected chi connectivity index (χ4v) is 6.91. The van der Waals surface area contributed by atoms with Crippen LogP contribution >= 0.6 is 37.2 Å². The van der Waals surface area contributed by atoms with Gasteiger partial charge in [-0.2, -0.15) is 0 Å². The van der Waals surface area contributed by atoms with E-state index in [-0.39, 0.29) is 37.2 Å². The zero-order valence-corrected chi connectivity index (χ0v) is 32.4. The molecule has 4 nitrogen and oxygen atoms in total. The van der Waals surface area contributed by atoms with Crippen molar-refractivity contribution in [3.8, 4) is 22.5 Å². The molecular weight excluding hydrogens is 667 g/mol. The Bertz CT molecular complexity index is 1820. The fraction of sp³-hybridized carbons (Fsp3) is 0.333. The Labute approximate surface area is 312 Å². The second-order valence-electron chi connectivity index (χ2n) is 13.5. The van der Waals surface area contributed by atoms with Crippen molar-refractivity contribution >= 4 is 42.9 Å². The maximum Gasteiger partial charge on any atom is 0.0705 e. The number of aromatic nitrogens is 2. The first kappa shape index (κ1) is 40.0. The van der Waals surface area contributed by atoms with Crippen LogP contribution in [0.3, 0.4) is 0 Å². The quantitative estimate of drug-likeness (QED) is 0.160. The molecule has 0 spiro atoms. The number of anilines is 1. The van der Waals surface area contributed by atoms with Crippen LogP contribution in [0.4, 0.5) is 5.69 Å². The van der Waals surface area contributed by atoms with E-state index in [1.807, 2.05) is 12.4 Å². The average molecular weight is 718 g/mol. The third-order valence-electron chi connectivity index (χ3n) is 10.2. The summed E-state index contributed by atoms with van der Waals surface area (Å²) in [5.41, 5.74) is 17.8. The van der Waals surface area contributed by atoms with E-state index in [1.54, 1.807) is 0 Å². The maximum absolute atomic E-state index is 4.79. The van der Waals surface area contributed by atoms with Crippen molar-refractivity contribution in [2.24, 2.45) is 0 Å². The van der Waals surface area contributed by atoms with Crippen LogP contribution in [0, 0.1) is 48.5 Å². The molecule has 7 heteroatoms. The average Bonchev–Trinajstić information content (AvgIpc) is 3.05. The zero-order valence-electron chi connectivity index (χ0n) is 29.9. The van der Waals surface area contributed by atoms with Gasteiger partial charge < -0.3 is 4.90 Å². The van der Waals surface area contributed by atoms with Crippen molar-refractivity contribution < 1.29 is 0 Å². The topological polar surface area (TPSA) is 32.3 Å². The van der Waals surface area contributed by atoms with Crippen molar-refractivity contribution in [1.82, 2.24) is 14.9 Å². The van der Waals surface area contributed by atoms with Crippen molar-refractivity contribution in [1.29, 1.82) is 0 Å². The number of hydrogen-bond donors (Lipinski definition) is 0. The normalized spacial score (nSPS) is 13.2. The van der Waals surface area contributed by atoms with Gasteiger partial charge in [0.1, 0.15) is 0 Å². The predicted molar refractivity (Wildman–Crippen MR) is 215 cm³/mol. The lowest BCUT2D eigenvalue weighted by molar-refractivity contribution is 0.201. The maximum atomic E-state index is 4.79. The Morgan fingerprint density at radius 1 is 0.612 bits per heavy atom. The van der Waals surface area contributed by atoms with E-state index in [1.165, 1.54) is 66.9 Å². The van der Waals surface area contributed by atoms with Crippen LogP contribution in [0.2, 0.25) is 0 Å². The fourth-order valence-electron chi connectivity index (χ4n) is 6.91. The molecular formula is C42H51Cl3N4. The molecule has 2 aromatic heterocycles. The van der Waals surface area contributed by atoms with Crippen molar-refractivity contribution in [2.45, 2.75) is 80.4 Å². The number of aryl methyl sites for hydroxylation is 5. The largest absolute Gasteiger partial charge is 0.364 e. The summed E-state index contributed by atoms with van der Waals surface area (Å²) >= 11 is 0. The molecule has 6 rings (SSSR count). The molecule has 0 saturated carbocycles. The third kappa shape index (κ3) is 9.43. The second-order valence-corrected chi connectivity index (χ2v) is 13.5. The minimum atomic E-state index is 0. The summed E-state index contributed by atoms with van der Waals surface area (Å²) in [7, 11) is 0. The van der Waals surface area contributed by atoms with Crippen LogP contribution < -0.4 is 4.90 Å². The zero-order chi connectivity index (χ0) is 32.4. The minimum absolute atomic E-state index is 0. The number of piperidine rings is 1. The number of benzene rings is 3. The first-order valence-corrected chi connectivity index (χ1v) is 16.8. The van der Waals surface area contributed by atoms with E-state index in [4.69, 9.17) is 9.97 Å². The Hall–Kier alpha value is -3.41. The lowest BCUT2D eigenvalue weighted by atomic mass is 9.97. The van der Waals surface area contributed by atoms with Gasteiger partial charge in [-0.3, -0.25) is 14.9 Å². The summed E-state index contributed by atoms with van der Waals surface area (Å²) in [5.74, 6) is 0. The highest BCUT2D eigenvalue weighted by atomic mass is 35.5. The molecule has 0 atom stereocenters. The highest BCUT2D eigenvalue weighted by Gasteiger charge is 2.26. The van der Waals surface area contributed by atoms with Crippen LogP contribution in [-0.2, 0) is 13.1 Å². The smallest absolute Gasteiger partial charge is 0.0705 e. The van der Waals surface area contributed by atoms with Gasteiger partial charge in [-0.15, -0.1) is 37.2 Å². The van der Waals surface area contributed by atoms with E-state index < -0.39 is 0 Å². The van der Waals surface area contributed by atoms with E-state index in [2.05, 4.69) is 131 Å². The molecule has 1 aliphatic heterocycles. The first-order valence-electron chi connectivity index (χ1n) is 16.8. The summed E-state index contributed by atoms with van der Waals surface area (Å²) in [6.45, 7) is 19.4. The molecule has 1 fully saturated rings. The molecule has 49 heavy (non-hydrogen) atoms. The molecule has 0 radical (unpaired) electrons. The Kier molecular flexibility index (Phi) is 14.3. The van der Waals surface area contributed by atoms with Gasteiger partial charge in [0.25, 0.3) is 0 Å². The monoisotopic (exact) mass is 716 g/mol. The number of rotatable bonds is 8. The molecule has 5 aromatic rings. The van der Waals surface area contributed by atoms with Crippen LogP contribution in [-0.4, -0.2) is 34.0 Å². The van der Waals surface area contributed by atoms with Gasteiger partial charge in [0, 0.05) is 61.4 Å². The summed E-state index contributed by atoms with van der Waals surface area (Å²) in [6, 6.07) is 27.5. The van der Waals surface area contributed by atoms with Crippen molar-refractivity contribution in [3.63, 3.8) is 0 Å². The SMILES string of the molecule is Cc1cccc(N(Cc2ccnc(-c3cc(C)c(C)c(C)c3)c2)C2CCN(Cc3ccnc(-c4cc(C)c(C)c(C)c4)c3)CC2)c1.Cl.Cl.Cl. The van der Waals surface area contributed by atoms with Crippen LogP contribution in [0.1, 0.15) is 62.9 Å². The number of nitrogens with zero attached hydrogens (tertiary/aromatic N) is 4. The molecule has 0 aliphatic carbocycles. The highest BCUT2D eigenvalue weighted by molar-refractivity contribution is 5.86. The molecule has 260 valence electrons. The van der Waals surface area contributed by atoms with E-state index in [0.717, 1.165) is 50.4 Å². The van der Waals surface area contributed by atoms with Gasteiger partial charge in [0.05, 0.1) is 11.4 Å². The van der Waals surface area contributed by atoms with Gasteiger partial charge in [-0.1, -0.05) is 12.1 Å². The Morgan fingerprint density at radius 3 is 1.61 bits per heavy atom. The van der Waals surface area contributed by atoms with Gasteiger partial charge in [-0.05, 0) is 172 Å². The Balaban J connectivity index is 0.00000217. The van der Waals surface area contributed by atoms with E-state index in [9.17, 15) is 0 Å². The summed E-state index contributed by atoms with van der Waals surface area (Å²) < 4.78 is 0. The standard InChI is InChI=1S/C42H48N4.3ClH/c1-28-9-8-10-40(19-28)46(27-36-12-16-44-42(25-36)38-22-31(4)34(7)32(5)23-38)39-13-17-45(18-14-39)26-35-11-15-43-41(24-35)37-20-29(2)33(6)30(3)21-37;;;/h8-12,15-16,19-25,39H,13-14,17-18,26-27H2,1-7H3;3*1H. The van der Waals surface area contributed by atoms with Gasteiger partial charge in [-0.25, -0.2) is 0 Å². The second kappa shape index (κ2) is 17.5. The van der Waals surface area contributed by atoms with Gasteiger partial charge in [0.15, 0.2) is 0 Å². The summed E-state index contributed by atoms with van der Waals surface area (Å²) in [4.78, 5) is 14.8. The third-order valence-corrected chi connectivity index (χ3v) is 10.2. The predicted octanol–water partition coefficient (Wildman–Crippen LogP) is 10.9. The molecule has 3 heterocycles. The number of hydrogen-bond acceptors (Lipinski definition) is 4. The summed E-state index contributed by atoms with van der Waals surface area (Å²) in [5, 5.41) is 0. The van der Waals surface area contributed by atoms with Crippen molar-refractivity contribution in [3.05, 3.63) is 135 Å². The Morgan fingerprint density at radius 2 is 1.10 bits per heavy atom. The number of pyridine rings is 2. The van der Waals surface area contributed by atoms with Gasteiger partial charge in [0.2, 0.25) is 0 Å². The molecule has 1 saturated heterocycles. The van der Waals surface area contributed by atoms with Crippen LogP contribution in [0.5, 0.6) is 0 Å². The van der Waals surface area contributed by atoms with Crippen LogP contribution in [0.15, 0.2) is 85.2 Å². The molecule has 0 amide bonds. The lowest BCUT2D eigenvalue weighted by Gasteiger charge is -2.40. The van der Waals surface area contributed by atoms with Crippen molar-refractivity contribution in [2.75, 3.05) is 18.0 Å². The number of likely N-dealkylation sites (tertiary alicyclic amines) is 1. The molecule has 0 N–H and O–H groups in total. The van der Waals surface area contributed by atoms with E-state index in [0.29, 0.717) is 6.04 Å². The first-order chi connectivity index (χ1) is 22.1. The molecule has 0 bridgehead atoms. The number of halogens is 3. The minimum Gasteiger partial charge on any atom is -0.364 e. The molecule has 1 aliphatic rings.